The highest BCUT2D eigenvalue weighted by Crippen LogP contribution is 2.27. The Morgan fingerprint density at radius 3 is 2.68 bits per heavy atom. The minimum Gasteiger partial charge on any atom is -0.490 e. The molecule has 1 fully saturated rings. The minimum atomic E-state index is -0.225. The van der Waals surface area contributed by atoms with Crippen molar-refractivity contribution in [1.29, 1.82) is 0 Å². The Labute approximate surface area is 183 Å². The highest BCUT2D eigenvalue weighted by Gasteiger charge is 2.25. The molecule has 0 bridgehead atoms. The molecule has 7 nitrogen and oxygen atoms in total. The summed E-state index contributed by atoms with van der Waals surface area (Å²) in [6, 6.07) is 14.8. The van der Waals surface area contributed by atoms with Crippen LogP contribution >= 0.6 is 11.6 Å². The summed E-state index contributed by atoms with van der Waals surface area (Å²) < 4.78 is 13.1. The molecule has 0 radical (unpaired) electrons. The molecule has 1 aliphatic rings. The zero-order chi connectivity index (χ0) is 21.4. The fraction of sp³-hybridized carbons (Fsp3) is 0.261. The SMILES string of the molecule is CO[C@H]1CC[C@@H](Oc2ccc(-n3cc(-c4cc5cc(Cl)ccc5[nH]c4=O)nn3)cc2)C1. The molecule has 4 aromatic rings. The van der Waals surface area contributed by atoms with Crippen LogP contribution < -0.4 is 10.3 Å². The van der Waals surface area contributed by atoms with Crippen molar-refractivity contribution in [1.82, 2.24) is 20.0 Å². The Hall–Kier alpha value is -3.16. The van der Waals surface area contributed by atoms with Gasteiger partial charge in [-0.1, -0.05) is 16.8 Å². The van der Waals surface area contributed by atoms with E-state index >= 15 is 0 Å². The fourth-order valence-corrected chi connectivity index (χ4v) is 4.15. The van der Waals surface area contributed by atoms with Crippen molar-refractivity contribution in [3.05, 3.63) is 70.1 Å². The number of aromatic nitrogens is 4. The number of methoxy groups -OCH3 is 1. The number of hydrogen-bond acceptors (Lipinski definition) is 5. The summed E-state index contributed by atoms with van der Waals surface area (Å²) in [5.41, 5.74) is 2.25. The van der Waals surface area contributed by atoms with Gasteiger partial charge in [-0.3, -0.25) is 4.79 Å². The summed E-state index contributed by atoms with van der Waals surface area (Å²) in [4.78, 5) is 15.4. The lowest BCUT2D eigenvalue weighted by molar-refractivity contribution is 0.0947. The van der Waals surface area contributed by atoms with E-state index in [9.17, 15) is 4.79 Å². The number of benzene rings is 2. The van der Waals surface area contributed by atoms with Crippen LogP contribution in [-0.4, -0.2) is 39.3 Å². The lowest BCUT2D eigenvalue weighted by Crippen LogP contribution is -2.14. The van der Waals surface area contributed by atoms with Gasteiger partial charge in [-0.15, -0.1) is 5.10 Å². The first kappa shape index (κ1) is 19.8. The first-order chi connectivity index (χ1) is 15.1. The first-order valence-electron chi connectivity index (χ1n) is 10.1. The molecular weight excluding hydrogens is 416 g/mol. The van der Waals surface area contributed by atoms with Gasteiger partial charge in [0.05, 0.1) is 23.6 Å². The molecule has 1 N–H and O–H groups in total. The lowest BCUT2D eigenvalue weighted by atomic mass is 10.1. The molecule has 2 heterocycles. The number of rotatable bonds is 5. The molecule has 31 heavy (non-hydrogen) atoms. The van der Waals surface area contributed by atoms with Gasteiger partial charge in [0.15, 0.2) is 0 Å². The monoisotopic (exact) mass is 436 g/mol. The Balaban J connectivity index is 1.36. The van der Waals surface area contributed by atoms with Gasteiger partial charge < -0.3 is 14.5 Å². The van der Waals surface area contributed by atoms with E-state index in [1.807, 2.05) is 24.3 Å². The van der Waals surface area contributed by atoms with Crippen molar-refractivity contribution in [2.75, 3.05) is 7.11 Å². The summed E-state index contributed by atoms with van der Waals surface area (Å²) in [5.74, 6) is 0.814. The van der Waals surface area contributed by atoms with Crippen molar-refractivity contribution >= 4 is 22.5 Å². The smallest absolute Gasteiger partial charge is 0.258 e. The Morgan fingerprint density at radius 2 is 1.90 bits per heavy atom. The molecule has 8 heteroatoms. The molecule has 0 saturated heterocycles. The molecule has 5 rings (SSSR count). The normalized spacial score (nSPS) is 18.5. The van der Waals surface area contributed by atoms with E-state index in [2.05, 4.69) is 15.3 Å². The second-order valence-corrected chi connectivity index (χ2v) is 8.13. The predicted molar refractivity (Wildman–Crippen MR) is 119 cm³/mol. The van der Waals surface area contributed by atoms with Crippen molar-refractivity contribution in [2.45, 2.75) is 31.5 Å². The van der Waals surface area contributed by atoms with Crippen LogP contribution in [0.2, 0.25) is 5.02 Å². The third-order valence-corrected chi connectivity index (χ3v) is 5.88. The molecule has 0 aliphatic heterocycles. The van der Waals surface area contributed by atoms with Crippen LogP contribution in [0.3, 0.4) is 0 Å². The van der Waals surface area contributed by atoms with E-state index < -0.39 is 0 Å². The Kier molecular flexibility index (Phi) is 5.21. The molecule has 2 aromatic carbocycles. The van der Waals surface area contributed by atoms with Crippen LogP contribution in [0.25, 0.3) is 27.8 Å². The third kappa shape index (κ3) is 4.06. The van der Waals surface area contributed by atoms with E-state index in [1.165, 1.54) is 0 Å². The largest absolute Gasteiger partial charge is 0.490 e. The van der Waals surface area contributed by atoms with Gasteiger partial charge >= 0.3 is 0 Å². The van der Waals surface area contributed by atoms with Crippen LogP contribution in [-0.2, 0) is 4.74 Å². The van der Waals surface area contributed by atoms with E-state index in [-0.39, 0.29) is 17.8 Å². The zero-order valence-electron chi connectivity index (χ0n) is 16.9. The molecule has 2 atom stereocenters. The number of ether oxygens (including phenoxy) is 2. The highest BCUT2D eigenvalue weighted by atomic mass is 35.5. The number of halogens is 1. The molecule has 1 aliphatic carbocycles. The Bertz CT molecular complexity index is 1280. The van der Waals surface area contributed by atoms with Crippen LogP contribution in [0.5, 0.6) is 5.75 Å². The second kappa shape index (κ2) is 8.17. The van der Waals surface area contributed by atoms with Gasteiger partial charge in [-0.05, 0) is 61.4 Å². The van der Waals surface area contributed by atoms with Crippen molar-refractivity contribution in [3.8, 4) is 22.7 Å². The third-order valence-electron chi connectivity index (χ3n) is 5.65. The van der Waals surface area contributed by atoms with Gasteiger partial charge in [0.25, 0.3) is 5.56 Å². The standard InChI is InChI=1S/C23H21ClN4O3/c1-30-18-7-8-19(12-18)31-17-5-3-16(4-6-17)28-13-22(26-27-28)20-11-14-10-15(24)2-9-21(14)25-23(20)29/h2-6,9-11,13,18-19H,7-8,12H2,1H3,(H,25,29)/t18-,19+/m0/s1. The quantitative estimate of drug-likeness (QED) is 0.502. The van der Waals surface area contributed by atoms with Gasteiger partial charge in [0.2, 0.25) is 0 Å². The molecule has 1 saturated carbocycles. The van der Waals surface area contributed by atoms with Gasteiger partial charge in [-0.25, -0.2) is 4.68 Å². The van der Waals surface area contributed by atoms with Crippen LogP contribution in [0.1, 0.15) is 19.3 Å². The maximum absolute atomic E-state index is 12.5. The number of aromatic amines is 1. The van der Waals surface area contributed by atoms with E-state index in [0.717, 1.165) is 41.6 Å². The number of fused-ring (bicyclic) bond motifs is 1. The lowest BCUT2D eigenvalue weighted by Gasteiger charge is -2.14. The molecule has 2 aromatic heterocycles. The van der Waals surface area contributed by atoms with Gasteiger partial charge in [0, 0.05) is 29.5 Å². The number of H-pyrrole nitrogens is 1. The zero-order valence-corrected chi connectivity index (χ0v) is 17.7. The molecule has 0 spiro atoms. The average Bonchev–Trinajstić information content (AvgIpc) is 3.44. The molecule has 0 amide bonds. The van der Waals surface area contributed by atoms with Crippen LogP contribution in [0.15, 0.2) is 59.5 Å². The van der Waals surface area contributed by atoms with Crippen LogP contribution in [0.4, 0.5) is 0 Å². The molecule has 158 valence electrons. The van der Waals surface area contributed by atoms with Crippen molar-refractivity contribution in [3.63, 3.8) is 0 Å². The number of hydrogen-bond donors (Lipinski definition) is 1. The summed E-state index contributed by atoms with van der Waals surface area (Å²) in [7, 11) is 1.75. The molecule has 0 unspecified atom stereocenters. The van der Waals surface area contributed by atoms with Crippen molar-refractivity contribution in [2.24, 2.45) is 0 Å². The average molecular weight is 437 g/mol. The summed E-state index contributed by atoms with van der Waals surface area (Å²) in [5, 5.41) is 9.81. The topological polar surface area (TPSA) is 82.0 Å². The van der Waals surface area contributed by atoms with Gasteiger partial charge in [-0.2, -0.15) is 0 Å². The predicted octanol–water partition coefficient (Wildman–Crippen LogP) is 4.38. The maximum Gasteiger partial charge on any atom is 0.258 e. The van der Waals surface area contributed by atoms with E-state index in [4.69, 9.17) is 21.1 Å². The van der Waals surface area contributed by atoms with E-state index in [1.54, 1.807) is 42.3 Å². The number of pyridine rings is 1. The fourth-order valence-electron chi connectivity index (χ4n) is 3.97. The molecular formula is C23H21ClN4O3. The van der Waals surface area contributed by atoms with E-state index in [0.29, 0.717) is 16.3 Å². The second-order valence-electron chi connectivity index (χ2n) is 7.70. The van der Waals surface area contributed by atoms with Gasteiger partial charge in [0.1, 0.15) is 17.5 Å². The maximum atomic E-state index is 12.5. The minimum absolute atomic E-state index is 0.182. The highest BCUT2D eigenvalue weighted by molar-refractivity contribution is 6.31. The Morgan fingerprint density at radius 1 is 1.10 bits per heavy atom. The van der Waals surface area contributed by atoms with Crippen LogP contribution in [0, 0.1) is 0 Å². The summed E-state index contributed by atoms with van der Waals surface area (Å²) >= 11 is 6.08. The number of nitrogens with zero attached hydrogens (tertiary/aromatic N) is 3. The van der Waals surface area contributed by atoms with Crippen molar-refractivity contribution < 1.29 is 9.47 Å². The number of nitrogens with one attached hydrogen (secondary N) is 1. The summed E-state index contributed by atoms with van der Waals surface area (Å²) in [6.45, 7) is 0. The first-order valence-corrected chi connectivity index (χ1v) is 10.5. The summed E-state index contributed by atoms with van der Waals surface area (Å²) in [6.07, 6.45) is 5.14.